The second-order valence-corrected chi connectivity index (χ2v) is 4.58. The highest BCUT2D eigenvalue weighted by molar-refractivity contribution is 6.02. The number of nitrogens with zero attached hydrogens (tertiary/aromatic N) is 1. The lowest BCUT2D eigenvalue weighted by molar-refractivity contribution is -0.384. The normalized spacial score (nSPS) is 10.8. The van der Waals surface area contributed by atoms with Crippen LogP contribution in [0.3, 0.4) is 0 Å². The van der Waals surface area contributed by atoms with E-state index in [2.05, 4.69) is 10.1 Å². The first kappa shape index (κ1) is 17.1. The molecule has 1 N–H and O–H groups in total. The number of non-ortho nitro benzene ring substituents is 1. The Hall–Kier alpha value is -3.29. The zero-order valence-corrected chi connectivity index (χ0v) is 12.2. The van der Waals surface area contributed by atoms with Crippen LogP contribution >= 0.6 is 0 Å². The molecule has 0 bridgehead atoms. The third-order valence-corrected chi connectivity index (χ3v) is 2.83. The molecule has 0 saturated carbocycles. The number of nitrogens with one attached hydrogen (secondary N) is 1. The lowest BCUT2D eigenvalue weighted by Crippen LogP contribution is -2.08. The smallest absolute Gasteiger partial charge is 0.387 e. The molecule has 24 heavy (non-hydrogen) atoms. The van der Waals surface area contributed by atoms with Gasteiger partial charge in [-0.3, -0.25) is 14.9 Å². The SMILES string of the molecule is O=C(/C=C/c1cccc([N+](=O)[O-])c1)Nc1cccc(OC(F)F)c1. The molecular weight excluding hydrogens is 322 g/mol. The van der Waals surface area contributed by atoms with Crippen LogP contribution in [0.4, 0.5) is 20.2 Å². The topological polar surface area (TPSA) is 81.5 Å². The van der Waals surface area contributed by atoms with Crippen LogP contribution < -0.4 is 10.1 Å². The number of amides is 1. The Morgan fingerprint density at radius 1 is 1.21 bits per heavy atom. The number of carbonyl (C=O) groups excluding carboxylic acids is 1. The van der Waals surface area contributed by atoms with Gasteiger partial charge in [0, 0.05) is 30.0 Å². The number of carbonyl (C=O) groups is 1. The van der Waals surface area contributed by atoms with Gasteiger partial charge in [-0.05, 0) is 23.8 Å². The lowest BCUT2D eigenvalue weighted by Gasteiger charge is -2.07. The standard InChI is InChI=1S/C16H12F2N2O4/c17-16(18)24-14-6-2-4-12(10-14)19-15(21)8-7-11-3-1-5-13(9-11)20(22)23/h1-10,16H,(H,19,21)/b8-7+. The van der Waals surface area contributed by atoms with E-state index in [9.17, 15) is 23.7 Å². The van der Waals surface area contributed by atoms with Gasteiger partial charge in [-0.15, -0.1) is 0 Å². The number of benzene rings is 2. The number of anilines is 1. The van der Waals surface area contributed by atoms with Gasteiger partial charge in [0.15, 0.2) is 0 Å². The summed E-state index contributed by atoms with van der Waals surface area (Å²) in [6.07, 6.45) is 2.58. The maximum atomic E-state index is 12.1. The van der Waals surface area contributed by atoms with E-state index in [0.29, 0.717) is 5.56 Å². The predicted octanol–water partition coefficient (Wildman–Crippen LogP) is 3.85. The van der Waals surface area contributed by atoms with Gasteiger partial charge in [-0.2, -0.15) is 8.78 Å². The van der Waals surface area contributed by atoms with Crippen LogP contribution in [0.1, 0.15) is 5.56 Å². The number of alkyl halides is 2. The molecule has 0 spiro atoms. The summed E-state index contributed by atoms with van der Waals surface area (Å²) in [5.74, 6) is -0.596. The third-order valence-electron chi connectivity index (χ3n) is 2.83. The first-order chi connectivity index (χ1) is 11.4. The molecule has 6 nitrogen and oxygen atoms in total. The number of rotatable bonds is 6. The number of halogens is 2. The largest absolute Gasteiger partial charge is 0.435 e. The van der Waals surface area contributed by atoms with Gasteiger partial charge in [0.05, 0.1) is 4.92 Å². The van der Waals surface area contributed by atoms with Crippen molar-refractivity contribution in [2.75, 3.05) is 5.32 Å². The van der Waals surface area contributed by atoms with Crippen LogP contribution in [0.25, 0.3) is 6.08 Å². The molecular formula is C16H12F2N2O4. The average Bonchev–Trinajstić information content (AvgIpc) is 2.53. The van der Waals surface area contributed by atoms with Crippen molar-refractivity contribution >= 4 is 23.4 Å². The van der Waals surface area contributed by atoms with E-state index in [1.807, 2.05) is 0 Å². The second kappa shape index (κ2) is 7.82. The van der Waals surface area contributed by atoms with Crippen molar-refractivity contribution in [2.24, 2.45) is 0 Å². The average molecular weight is 334 g/mol. The maximum Gasteiger partial charge on any atom is 0.387 e. The van der Waals surface area contributed by atoms with Gasteiger partial charge in [0.2, 0.25) is 5.91 Å². The molecule has 0 fully saturated rings. The van der Waals surface area contributed by atoms with E-state index in [-0.39, 0.29) is 17.1 Å². The fourth-order valence-corrected chi connectivity index (χ4v) is 1.85. The van der Waals surface area contributed by atoms with Crippen LogP contribution in [0.5, 0.6) is 5.75 Å². The molecule has 0 aliphatic rings. The molecule has 0 saturated heterocycles. The molecule has 0 atom stereocenters. The molecule has 124 valence electrons. The van der Waals surface area contributed by atoms with Crippen molar-refractivity contribution in [3.63, 3.8) is 0 Å². The summed E-state index contributed by atoms with van der Waals surface area (Å²) in [4.78, 5) is 22.0. The second-order valence-electron chi connectivity index (χ2n) is 4.58. The van der Waals surface area contributed by atoms with Gasteiger partial charge in [0.25, 0.3) is 5.69 Å². The Morgan fingerprint density at radius 3 is 2.67 bits per heavy atom. The molecule has 0 unspecified atom stereocenters. The van der Waals surface area contributed by atoms with Gasteiger partial charge < -0.3 is 10.1 Å². The van der Waals surface area contributed by atoms with Gasteiger partial charge >= 0.3 is 6.61 Å². The molecule has 0 aliphatic heterocycles. The third kappa shape index (κ3) is 5.16. The van der Waals surface area contributed by atoms with Crippen molar-refractivity contribution in [3.8, 4) is 5.75 Å². The molecule has 2 aromatic carbocycles. The van der Waals surface area contributed by atoms with E-state index in [1.54, 1.807) is 6.07 Å². The monoisotopic (exact) mass is 334 g/mol. The summed E-state index contributed by atoms with van der Waals surface area (Å²) in [7, 11) is 0. The Kier molecular flexibility index (Phi) is 5.56. The summed E-state index contributed by atoms with van der Waals surface area (Å²) < 4.78 is 28.5. The van der Waals surface area contributed by atoms with Crippen LogP contribution in [0.15, 0.2) is 54.6 Å². The molecule has 0 aromatic heterocycles. The first-order valence-electron chi connectivity index (χ1n) is 6.72. The van der Waals surface area contributed by atoms with Crippen molar-refractivity contribution in [1.29, 1.82) is 0 Å². The quantitative estimate of drug-likeness (QED) is 0.494. The van der Waals surface area contributed by atoms with Crippen LogP contribution in [-0.2, 0) is 4.79 Å². The summed E-state index contributed by atoms with van der Waals surface area (Å²) in [6, 6.07) is 11.3. The van der Waals surface area contributed by atoms with Crippen molar-refractivity contribution in [1.82, 2.24) is 0 Å². The highest BCUT2D eigenvalue weighted by Crippen LogP contribution is 2.19. The van der Waals surface area contributed by atoms with Crippen molar-refractivity contribution in [2.45, 2.75) is 6.61 Å². The molecule has 8 heteroatoms. The van der Waals surface area contributed by atoms with Gasteiger partial charge in [-0.1, -0.05) is 18.2 Å². The minimum absolute atomic E-state index is 0.0783. The fraction of sp³-hybridized carbons (Fsp3) is 0.0625. The predicted molar refractivity (Wildman–Crippen MR) is 83.8 cm³/mol. The summed E-state index contributed by atoms with van der Waals surface area (Å²) in [5, 5.41) is 13.2. The zero-order chi connectivity index (χ0) is 17.5. The van der Waals surface area contributed by atoms with E-state index in [4.69, 9.17) is 0 Å². The van der Waals surface area contributed by atoms with Crippen LogP contribution in [0.2, 0.25) is 0 Å². The maximum absolute atomic E-state index is 12.1. The number of hydrogen-bond donors (Lipinski definition) is 1. The highest BCUT2D eigenvalue weighted by atomic mass is 19.3. The Morgan fingerprint density at radius 2 is 1.96 bits per heavy atom. The Balaban J connectivity index is 2.02. The highest BCUT2D eigenvalue weighted by Gasteiger charge is 2.06. The number of nitro benzene ring substituents is 1. The number of nitro groups is 1. The van der Waals surface area contributed by atoms with Gasteiger partial charge in [-0.25, -0.2) is 0 Å². The zero-order valence-electron chi connectivity index (χ0n) is 12.2. The Labute approximate surface area is 135 Å². The van der Waals surface area contributed by atoms with Crippen molar-refractivity contribution in [3.05, 3.63) is 70.3 Å². The lowest BCUT2D eigenvalue weighted by atomic mass is 10.2. The minimum Gasteiger partial charge on any atom is -0.435 e. The first-order valence-corrected chi connectivity index (χ1v) is 6.72. The van der Waals surface area contributed by atoms with E-state index >= 15 is 0 Å². The van der Waals surface area contributed by atoms with Gasteiger partial charge in [0.1, 0.15) is 5.75 Å². The minimum atomic E-state index is -2.95. The number of hydrogen-bond acceptors (Lipinski definition) is 4. The van der Waals surface area contributed by atoms with Crippen molar-refractivity contribution < 1.29 is 23.2 Å². The fourth-order valence-electron chi connectivity index (χ4n) is 1.85. The molecule has 0 heterocycles. The molecule has 1 amide bonds. The molecule has 2 rings (SSSR count). The number of ether oxygens (including phenoxy) is 1. The molecule has 2 aromatic rings. The molecule has 0 aliphatic carbocycles. The van der Waals surface area contributed by atoms with Crippen LogP contribution in [0, 0.1) is 10.1 Å². The van der Waals surface area contributed by atoms with E-state index < -0.39 is 17.4 Å². The van der Waals surface area contributed by atoms with E-state index in [0.717, 1.165) is 0 Å². The summed E-state index contributed by atoms with van der Waals surface area (Å²) in [6.45, 7) is -2.95. The Bertz CT molecular complexity index is 778. The van der Waals surface area contributed by atoms with E-state index in [1.165, 1.54) is 54.6 Å². The molecule has 0 radical (unpaired) electrons. The summed E-state index contributed by atoms with van der Waals surface area (Å²) in [5.41, 5.74) is 0.672. The summed E-state index contributed by atoms with van der Waals surface area (Å²) >= 11 is 0. The van der Waals surface area contributed by atoms with Crippen LogP contribution in [-0.4, -0.2) is 17.4 Å².